The van der Waals surface area contributed by atoms with Crippen LogP contribution in [0.4, 0.5) is 5.69 Å². The van der Waals surface area contributed by atoms with E-state index in [1.54, 1.807) is 0 Å². The van der Waals surface area contributed by atoms with Gasteiger partial charge in [-0.3, -0.25) is 4.99 Å². The predicted octanol–water partition coefficient (Wildman–Crippen LogP) is 7.23. The number of hydrogen-bond donors (Lipinski definition) is 1. The van der Waals surface area contributed by atoms with Crippen LogP contribution >= 0.6 is 0 Å². The Morgan fingerprint density at radius 1 is 0.862 bits per heavy atom. The Hall–Kier alpha value is -1.45. The molecular formula is C25H42BN3. The third kappa shape index (κ3) is 6.26. The summed E-state index contributed by atoms with van der Waals surface area (Å²) in [5.74, 6) is 2.70. The largest absolute Gasteiger partial charge is 0.384 e. The molecule has 0 unspecified atom stereocenters. The number of nitrogens with zero attached hydrogens (tertiary/aromatic N) is 2. The number of para-hydroxylation sites is 1. The Labute approximate surface area is 179 Å². The number of aliphatic imine (C=N–C) groups is 1. The van der Waals surface area contributed by atoms with Gasteiger partial charge in [-0.05, 0) is 51.5 Å². The summed E-state index contributed by atoms with van der Waals surface area (Å²) in [6, 6.07) is 11.3. The molecule has 160 valence electrons. The van der Waals surface area contributed by atoms with Crippen LogP contribution in [-0.2, 0) is 0 Å². The summed E-state index contributed by atoms with van der Waals surface area (Å²) in [5, 5.41) is 3.73. The number of benzene rings is 1. The average molecular weight is 395 g/mol. The maximum Gasteiger partial charge on any atom is 0.264 e. The molecule has 3 rings (SSSR count). The smallest absolute Gasteiger partial charge is 0.264 e. The lowest BCUT2D eigenvalue weighted by Crippen LogP contribution is -2.55. The summed E-state index contributed by atoms with van der Waals surface area (Å²) < 4.78 is 0. The molecule has 2 saturated carbocycles. The van der Waals surface area contributed by atoms with Crippen LogP contribution in [0.2, 0.25) is 11.6 Å². The summed E-state index contributed by atoms with van der Waals surface area (Å²) in [7, 11) is 0. The Bertz CT molecular complexity index is 598. The first-order chi connectivity index (χ1) is 14.1. The van der Waals surface area contributed by atoms with Crippen molar-refractivity contribution in [2.45, 2.75) is 116 Å². The van der Waals surface area contributed by atoms with E-state index in [2.05, 4.69) is 68.2 Å². The second kappa shape index (κ2) is 11.1. The summed E-state index contributed by atoms with van der Waals surface area (Å²) in [5.41, 5.74) is 1.14. The van der Waals surface area contributed by atoms with Crippen LogP contribution in [0.25, 0.3) is 0 Å². The van der Waals surface area contributed by atoms with E-state index >= 15 is 0 Å². The monoisotopic (exact) mass is 395 g/mol. The van der Waals surface area contributed by atoms with E-state index in [1.165, 1.54) is 64.2 Å². The fraction of sp³-hybridized carbons (Fsp3) is 0.720. The van der Waals surface area contributed by atoms with Gasteiger partial charge in [0.05, 0.1) is 0 Å². The van der Waals surface area contributed by atoms with E-state index in [1.807, 2.05) is 0 Å². The molecule has 2 fully saturated rings. The van der Waals surface area contributed by atoms with Gasteiger partial charge < -0.3 is 10.1 Å². The maximum atomic E-state index is 5.14. The first kappa shape index (κ1) is 22.2. The van der Waals surface area contributed by atoms with Gasteiger partial charge in [0, 0.05) is 17.8 Å². The number of guanidine groups is 1. The van der Waals surface area contributed by atoms with Crippen molar-refractivity contribution in [2.24, 2.45) is 4.99 Å². The van der Waals surface area contributed by atoms with E-state index < -0.39 is 0 Å². The van der Waals surface area contributed by atoms with Gasteiger partial charge in [-0.1, -0.05) is 82.4 Å². The fourth-order valence-corrected chi connectivity index (χ4v) is 5.58. The van der Waals surface area contributed by atoms with Crippen LogP contribution in [-0.4, -0.2) is 29.7 Å². The quantitative estimate of drug-likeness (QED) is 0.312. The molecule has 2 aliphatic rings. The minimum absolute atomic E-state index is 0.279. The zero-order chi connectivity index (χ0) is 20.6. The lowest BCUT2D eigenvalue weighted by Gasteiger charge is -2.45. The zero-order valence-corrected chi connectivity index (χ0v) is 19.2. The number of rotatable bonds is 6. The van der Waals surface area contributed by atoms with E-state index in [0.717, 1.165) is 23.3 Å². The highest BCUT2D eigenvalue weighted by Gasteiger charge is 2.42. The maximum absolute atomic E-state index is 5.14. The first-order valence-corrected chi connectivity index (χ1v) is 12.2. The van der Waals surface area contributed by atoms with Crippen molar-refractivity contribution >= 4 is 18.5 Å². The molecule has 1 N–H and O–H groups in total. The summed E-state index contributed by atoms with van der Waals surface area (Å²) in [6.45, 7) is 9.73. The second-order valence-electron chi connectivity index (χ2n) is 9.83. The normalized spacial score (nSPS) is 19.6. The van der Waals surface area contributed by atoms with Crippen molar-refractivity contribution in [3.63, 3.8) is 0 Å². The van der Waals surface area contributed by atoms with E-state index in [4.69, 9.17) is 4.99 Å². The molecule has 0 aliphatic heterocycles. The molecule has 0 atom stereocenters. The van der Waals surface area contributed by atoms with Gasteiger partial charge >= 0.3 is 0 Å². The Kier molecular flexibility index (Phi) is 8.50. The second-order valence-corrected chi connectivity index (χ2v) is 9.83. The number of anilines is 1. The number of hydrogen-bond acceptors (Lipinski definition) is 1. The van der Waals surface area contributed by atoms with E-state index in [0.29, 0.717) is 12.9 Å². The molecule has 0 amide bonds. The molecule has 0 saturated heterocycles. The summed E-state index contributed by atoms with van der Waals surface area (Å²) in [4.78, 5) is 7.83. The van der Waals surface area contributed by atoms with Crippen molar-refractivity contribution in [1.29, 1.82) is 0 Å². The van der Waals surface area contributed by atoms with Crippen LogP contribution in [0, 0.1) is 0 Å². The molecule has 0 heterocycles. The molecule has 29 heavy (non-hydrogen) atoms. The van der Waals surface area contributed by atoms with Gasteiger partial charge in [-0.15, -0.1) is 0 Å². The molecule has 3 nitrogen and oxygen atoms in total. The summed E-state index contributed by atoms with van der Waals surface area (Å²) >= 11 is 0. The van der Waals surface area contributed by atoms with Gasteiger partial charge in [0.2, 0.25) is 0 Å². The van der Waals surface area contributed by atoms with Crippen LogP contribution in [0.3, 0.4) is 0 Å². The van der Waals surface area contributed by atoms with Gasteiger partial charge in [-0.25, -0.2) is 0 Å². The number of nitrogens with one attached hydrogen (secondary N) is 1. The van der Waals surface area contributed by atoms with Crippen molar-refractivity contribution in [3.8, 4) is 0 Å². The lowest BCUT2D eigenvalue weighted by molar-refractivity contribution is 0.407. The SMILES string of the molecule is CC(C)N=C(Nc1ccccc1)N(B(C1CCCCC1)C1CCCCC1)C(C)C. The van der Waals surface area contributed by atoms with Crippen molar-refractivity contribution in [1.82, 2.24) is 4.81 Å². The van der Waals surface area contributed by atoms with Crippen LogP contribution < -0.4 is 5.32 Å². The van der Waals surface area contributed by atoms with E-state index in [-0.39, 0.29) is 6.04 Å². The third-order valence-electron chi connectivity index (χ3n) is 6.80. The fourth-order valence-electron chi connectivity index (χ4n) is 5.58. The van der Waals surface area contributed by atoms with Gasteiger partial charge in [0.15, 0.2) is 5.96 Å². The first-order valence-electron chi connectivity index (χ1n) is 12.2. The highest BCUT2D eigenvalue weighted by Crippen LogP contribution is 2.43. The highest BCUT2D eigenvalue weighted by molar-refractivity contribution is 6.62. The van der Waals surface area contributed by atoms with Crippen molar-refractivity contribution in [2.75, 3.05) is 5.32 Å². The molecule has 2 aliphatic carbocycles. The van der Waals surface area contributed by atoms with E-state index in [9.17, 15) is 0 Å². The standard InChI is InChI=1S/C25H42BN3/c1-20(2)27-25(28-24-18-12-7-13-19-24)29(21(3)4)26(22-14-8-5-9-15-22)23-16-10-6-11-17-23/h7,12-13,18-23H,5-6,8-11,14-17H2,1-4H3,(H,27,28). The molecule has 0 radical (unpaired) electrons. The van der Waals surface area contributed by atoms with Crippen molar-refractivity contribution < 1.29 is 0 Å². The Morgan fingerprint density at radius 2 is 1.38 bits per heavy atom. The summed E-state index contributed by atoms with van der Waals surface area (Å²) in [6.07, 6.45) is 14.0. The molecule has 0 spiro atoms. The zero-order valence-electron chi connectivity index (χ0n) is 19.2. The van der Waals surface area contributed by atoms with Gasteiger partial charge in [-0.2, -0.15) is 0 Å². The topological polar surface area (TPSA) is 27.6 Å². The van der Waals surface area contributed by atoms with Crippen molar-refractivity contribution in [3.05, 3.63) is 30.3 Å². The minimum Gasteiger partial charge on any atom is -0.384 e. The Morgan fingerprint density at radius 3 is 1.83 bits per heavy atom. The molecule has 0 bridgehead atoms. The highest BCUT2D eigenvalue weighted by atomic mass is 15.3. The molecule has 1 aromatic carbocycles. The van der Waals surface area contributed by atoms with Crippen LogP contribution in [0.1, 0.15) is 91.9 Å². The molecular weight excluding hydrogens is 353 g/mol. The Balaban J connectivity index is 1.95. The minimum atomic E-state index is 0.279. The van der Waals surface area contributed by atoms with Crippen LogP contribution in [0.15, 0.2) is 35.3 Å². The molecule has 1 aromatic rings. The molecule has 0 aromatic heterocycles. The van der Waals surface area contributed by atoms with Gasteiger partial charge in [0.1, 0.15) is 0 Å². The average Bonchev–Trinajstić information content (AvgIpc) is 2.73. The van der Waals surface area contributed by atoms with Crippen LogP contribution in [0.5, 0.6) is 0 Å². The molecule has 4 heteroatoms. The lowest BCUT2D eigenvalue weighted by atomic mass is 9.37. The van der Waals surface area contributed by atoms with Gasteiger partial charge in [0.25, 0.3) is 6.85 Å². The third-order valence-corrected chi connectivity index (χ3v) is 6.80. The predicted molar refractivity (Wildman–Crippen MR) is 129 cm³/mol.